The number of aromatic nitrogens is 2. The summed E-state index contributed by atoms with van der Waals surface area (Å²) in [6.07, 6.45) is 1.19. The molecule has 72 valence electrons. The van der Waals surface area contributed by atoms with Crippen LogP contribution >= 0.6 is 11.5 Å². The Morgan fingerprint density at radius 1 is 1.69 bits per heavy atom. The molecular formula is C8H14N4S. The van der Waals surface area contributed by atoms with Crippen molar-refractivity contribution in [2.75, 3.05) is 24.5 Å². The summed E-state index contributed by atoms with van der Waals surface area (Å²) in [4.78, 5) is 6.63. The lowest BCUT2D eigenvalue weighted by Gasteiger charge is -2.12. The first-order valence-corrected chi connectivity index (χ1v) is 5.32. The highest BCUT2D eigenvalue weighted by Gasteiger charge is 2.23. The van der Waals surface area contributed by atoms with Crippen LogP contribution in [-0.2, 0) is 0 Å². The SMILES string of the molecule is Cc1nsc(N2CCC(CN)C2)n1. The van der Waals surface area contributed by atoms with Gasteiger partial charge in [0.15, 0.2) is 0 Å². The molecule has 1 aliphatic rings. The van der Waals surface area contributed by atoms with Crippen LogP contribution in [0.15, 0.2) is 0 Å². The third-order valence-corrected chi connectivity index (χ3v) is 3.27. The fourth-order valence-electron chi connectivity index (χ4n) is 1.61. The van der Waals surface area contributed by atoms with Gasteiger partial charge in [0, 0.05) is 24.6 Å². The first-order chi connectivity index (χ1) is 6.29. The Labute approximate surface area is 81.9 Å². The molecule has 1 aromatic rings. The van der Waals surface area contributed by atoms with Crippen molar-refractivity contribution < 1.29 is 0 Å². The third-order valence-electron chi connectivity index (χ3n) is 2.41. The van der Waals surface area contributed by atoms with Gasteiger partial charge in [0.1, 0.15) is 5.82 Å². The maximum Gasteiger partial charge on any atom is 0.205 e. The first kappa shape index (κ1) is 8.90. The lowest BCUT2D eigenvalue weighted by molar-refractivity contribution is 0.602. The molecule has 2 N–H and O–H groups in total. The highest BCUT2D eigenvalue weighted by atomic mass is 32.1. The quantitative estimate of drug-likeness (QED) is 0.757. The average Bonchev–Trinajstić information content (AvgIpc) is 2.71. The number of nitrogens with two attached hydrogens (primary N) is 1. The minimum Gasteiger partial charge on any atom is -0.347 e. The van der Waals surface area contributed by atoms with Gasteiger partial charge in [-0.25, -0.2) is 4.98 Å². The molecule has 2 heterocycles. The Balaban J connectivity index is 2.03. The Morgan fingerprint density at radius 3 is 3.08 bits per heavy atom. The minimum absolute atomic E-state index is 0.643. The topological polar surface area (TPSA) is 55.0 Å². The van der Waals surface area contributed by atoms with Crippen LogP contribution in [0.4, 0.5) is 5.13 Å². The van der Waals surface area contributed by atoms with Crippen LogP contribution in [0.3, 0.4) is 0 Å². The Bertz CT molecular complexity index is 285. The molecule has 1 fully saturated rings. The van der Waals surface area contributed by atoms with Gasteiger partial charge in [-0.1, -0.05) is 0 Å². The smallest absolute Gasteiger partial charge is 0.205 e. The second-order valence-corrected chi connectivity index (χ2v) is 4.19. The Kier molecular flexibility index (Phi) is 2.46. The van der Waals surface area contributed by atoms with Crippen molar-refractivity contribution in [3.63, 3.8) is 0 Å². The third kappa shape index (κ3) is 1.81. The van der Waals surface area contributed by atoms with Gasteiger partial charge in [-0.05, 0) is 25.8 Å². The Morgan fingerprint density at radius 2 is 2.54 bits per heavy atom. The molecule has 0 amide bonds. The molecule has 1 aliphatic heterocycles. The largest absolute Gasteiger partial charge is 0.347 e. The molecule has 0 aromatic carbocycles. The molecule has 2 rings (SSSR count). The van der Waals surface area contributed by atoms with Crippen molar-refractivity contribution in [2.45, 2.75) is 13.3 Å². The molecule has 5 heteroatoms. The second kappa shape index (κ2) is 3.59. The summed E-state index contributed by atoms with van der Waals surface area (Å²) < 4.78 is 4.17. The van der Waals surface area contributed by atoms with Crippen LogP contribution in [-0.4, -0.2) is 29.0 Å². The van der Waals surface area contributed by atoms with E-state index in [2.05, 4.69) is 14.3 Å². The van der Waals surface area contributed by atoms with Crippen molar-refractivity contribution in [3.05, 3.63) is 5.82 Å². The van der Waals surface area contributed by atoms with E-state index in [4.69, 9.17) is 5.73 Å². The van der Waals surface area contributed by atoms with Crippen molar-refractivity contribution in [3.8, 4) is 0 Å². The Hall–Kier alpha value is -0.680. The van der Waals surface area contributed by atoms with E-state index in [-0.39, 0.29) is 0 Å². The number of hydrogen-bond donors (Lipinski definition) is 1. The molecule has 0 spiro atoms. The van der Waals surface area contributed by atoms with Gasteiger partial charge in [-0.3, -0.25) is 0 Å². The summed E-state index contributed by atoms with van der Waals surface area (Å²) in [7, 11) is 0. The van der Waals surface area contributed by atoms with Gasteiger partial charge in [-0.15, -0.1) is 0 Å². The molecule has 0 radical (unpaired) electrons. The molecule has 0 aliphatic carbocycles. The van der Waals surface area contributed by atoms with Gasteiger partial charge < -0.3 is 10.6 Å². The van der Waals surface area contributed by atoms with E-state index >= 15 is 0 Å². The van der Waals surface area contributed by atoms with Crippen LogP contribution in [0.1, 0.15) is 12.2 Å². The molecule has 0 bridgehead atoms. The zero-order chi connectivity index (χ0) is 9.26. The lowest BCUT2D eigenvalue weighted by Crippen LogP contribution is -2.22. The minimum atomic E-state index is 0.643. The zero-order valence-corrected chi connectivity index (χ0v) is 8.55. The van der Waals surface area contributed by atoms with Crippen molar-refractivity contribution >= 4 is 16.7 Å². The molecule has 0 saturated carbocycles. The summed E-state index contributed by atoms with van der Waals surface area (Å²) in [5, 5.41) is 1.05. The molecule has 1 saturated heterocycles. The van der Waals surface area contributed by atoms with E-state index < -0.39 is 0 Å². The summed E-state index contributed by atoms with van der Waals surface area (Å²) >= 11 is 1.48. The number of nitrogens with zero attached hydrogens (tertiary/aromatic N) is 3. The number of rotatable bonds is 2. The van der Waals surface area contributed by atoms with Crippen LogP contribution in [0.2, 0.25) is 0 Å². The van der Waals surface area contributed by atoms with Gasteiger partial charge in [0.2, 0.25) is 5.13 Å². The molecule has 4 nitrogen and oxygen atoms in total. The fourth-order valence-corrected chi connectivity index (χ4v) is 2.32. The average molecular weight is 198 g/mol. The van der Waals surface area contributed by atoms with Crippen LogP contribution in [0.25, 0.3) is 0 Å². The van der Waals surface area contributed by atoms with Crippen molar-refractivity contribution in [1.82, 2.24) is 9.36 Å². The van der Waals surface area contributed by atoms with Crippen molar-refractivity contribution in [1.29, 1.82) is 0 Å². The summed E-state index contributed by atoms with van der Waals surface area (Å²) in [5.41, 5.74) is 5.62. The molecule has 1 aromatic heterocycles. The van der Waals surface area contributed by atoms with E-state index in [0.717, 1.165) is 30.6 Å². The van der Waals surface area contributed by atoms with Crippen LogP contribution in [0, 0.1) is 12.8 Å². The second-order valence-electron chi connectivity index (χ2n) is 3.46. The van der Waals surface area contributed by atoms with Gasteiger partial charge in [0.05, 0.1) is 0 Å². The fraction of sp³-hybridized carbons (Fsp3) is 0.750. The highest BCUT2D eigenvalue weighted by Crippen LogP contribution is 2.24. The molecule has 13 heavy (non-hydrogen) atoms. The predicted molar refractivity (Wildman–Crippen MR) is 54.0 cm³/mol. The standard InChI is InChI=1S/C8H14N4S/c1-6-10-8(13-11-6)12-3-2-7(4-9)5-12/h7H,2-5,9H2,1H3. The van der Waals surface area contributed by atoms with E-state index in [0.29, 0.717) is 5.92 Å². The summed E-state index contributed by atoms with van der Waals surface area (Å²) in [6, 6.07) is 0. The van der Waals surface area contributed by atoms with Gasteiger partial charge in [0.25, 0.3) is 0 Å². The van der Waals surface area contributed by atoms with Crippen LogP contribution < -0.4 is 10.6 Å². The van der Waals surface area contributed by atoms with Gasteiger partial charge in [-0.2, -0.15) is 4.37 Å². The van der Waals surface area contributed by atoms with E-state index in [9.17, 15) is 0 Å². The number of aryl methyl sites for hydroxylation is 1. The van der Waals surface area contributed by atoms with Gasteiger partial charge >= 0.3 is 0 Å². The highest BCUT2D eigenvalue weighted by molar-refractivity contribution is 7.09. The number of hydrogen-bond acceptors (Lipinski definition) is 5. The van der Waals surface area contributed by atoms with E-state index in [1.54, 1.807) is 0 Å². The van der Waals surface area contributed by atoms with Crippen LogP contribution in [0.5, 0.6) is 0 Å². The lowest BCUT2D eigenvalue weighted by atomic mass is 10.1. The monoisotopic (exact) mass is 198 g/mol. The summed E-state index contributed by atoms with van der Waals surface area (Å²) in [6.45, 7) is 4.84. The first-order valence-electron chi connectivity index (χ1n) is 4.55. The molecular weight excluding hydrogens is 184 g/mol. The zero-order valence-electron chi connectivity index (χ0n) is 7.73. The number of anilines is 1. The van der Waals surface area contributed by atoms with E-state index in [1.165, 1.54) is 18.0 Å². The maximum atomic E-state index is 5.62. The van der Waals surface area contributed by atoms with E-state index in [1.807, 2.05) is 6.92 Å². The molecule has 1 atom stereocenters. The molecule has 1 unspecified atom stereocenters. The maximum absolute atomic E-state index is 5.62. The normalized spacial score (nSPS) is 22.6. The van der Waals surface area contributed by atoms with Crippen molar-refractivity contribution in [2.24, 2.45) is 11.7 Å². The summed E-state index contributed by atoms with van der Waals surface area (Å²) in [5.74, 6) is 1.51. The predicted octanol–water partition coefficient (Wildman–Crippen LogP) is 0.632.